The molecular weight excluding hydrogens is 328 g/mol. The number of rotatable bonds is 8. The number of ether oxygens (including phenoxy) is 2. The van der Waals surface area contributed by atoms with E-state index in [1.807, 2.05) is 12.1 Å². The Hall–Kier alpha value is -2.69. The summed E-state index contributed by atoms with van der Waals surface area (Å²) >= 11 is 0. The summed E-state index contributed by atoms with van der Waals surface area (Å²) in [5.41, 5.74) is 2.77. The van der Waals surface area contributed by atoms with Crippen LogP contribution < -0.4 is 19.7 Å². The van der Waals surface area contributed by atoms with E-state index >= 15 is 0 Å². The standard InChI is InChI=1S/C21H26N2O3/c1-25-18-9-11-19(12-10-18)26-16-21(24)22-13-5-15-23-14-4-7-17-6-2-3-8-20(17)23/h2-3,6,8-12H,4-5,7,13-16H2,1H3,(H,22,24). The second-order valence-corrected chi connectivity index (χ2v) is 6.39. The van der Waals surface area contributed by atoms with Crippen molar-refractivity contribution < 1.29 is 14.3 Å². The van der Waals surface area contributed by atoms with Gasteiger partial charge in [-0.2, -0.15) is 0 Å². The molecule has 138 valence electrons. The third kappa shape index (κ3) is 4.91. The van der Waals surface area contributed by atoms with Gasteiger partial charge in [-0.25, -0.2) is 0 Å². The van der Waals surface area contributed by atoms with Gasteiger partial charge in [-0.1, -0.05) is 18.2 Å². The molecule has 1 aliphatic heterocycles. The van der Waals surface area contributed by atoms with E-state index in [0.717, 1.165) is 31.7 Å². The number of nitrogens with zero attached hydrogens (tertiary/aromatic N) is 1. The predicted octanol–water partition coefficient (Wildman–Crippen LogP) is 3.03. The number of anilines is 1. The van der Waals surface area contributed by atoms with Crippen molar-refractivity contribution in [1.82, 2.24) is 5.32 Å². The zero-order valence-electron chi connectivity index (χ0n) is 15.2. The topological polar surface area (TPSA) is 50.8 Å². The summed E-state index contributed by atoms with van der Waals surface area (Å²) in [6.45, 7) is 2.73. The van der Waals surface area contributed by atoms with Crippen LogP contribution >= 0.6 is 0 Å². The summed E-state index contributed by atoms with van der Waals surface area (Å²) in [7, 11) is 1.62. The lowest BCUT2D eigenvalue weighted by molar-refractivity contribution is -0.123. The molecule has 0 spiro atoms. The van der Waals surface area contributed by atoms with Crippen molar-refractivity contribution in [3.8, 4) is 11.5 Å². The molecule has 1 heterocycles. The van der Waals surface area contributed by atoms with Crippen LogP contribution in [0.25, 0.3) is 0 Å². The Morgan fingerprint density at radius 1 is 1.12 bits per heavy atom. The van der Waals surface area contributed by atoms with Gasteiger partial charge in [-0.15, -0.1) is 0 Å². The van der Waals surface area contributed by atoms with Gasteiger partial charge in [0.1, 0.15) is 11.5 Å². The Labute approximate surface area is 154 Å². The van der Waals surface area contributed by atoms with Crippen LogP contribution in [-0.2, 0) is 11.2 Å². The van der Waals surface area contributed by atoms with Gasteiger partial charge in [-0.05, 0) is 55.2 Å². The molecule has 1 amide bonds. The summed E-state index contributed by atoms with van der Waals surface area (Å²) in [6.07, 6.45) is 3.27. The Balaban J connectivity index is 1.35. The Bertz CT molecular complexity index is 715. The zero-order chi connectivity index (χ0) is 18.2. The van der Waals surface area contributed by atoms with Crippen molar-refractivity contribution in [2.24, 2.45) is 0 Å². The molecule has 5 nitrogen and oxygen atoms in total. The molecule has 0 aromatic heterocycles. The summed E-state index contributed by atoms with van der Waals surface area (Å²) in [4.78, 5) is 14.3. The number of hydrogen-bond acceptors (Lipinski definition) is 4. The fraction of sp³-hybridized carbons (Fsp3) is 0.381. The third-order valence-electron chi connectivity index (χ3n) is 4.56. The molecule has 0 saturated heterocycles. The largest absolute Gasteiger partial charge is 0.497 e. The number of amides is 1. The smallest absolute Gasteiger partial charge is 0.257 e. The number of hydrogen-bond donors (Lipinski definition) is 1. The minimum absolute atomic E-state index is 0.0267. The number of methoxy groups -OCH3 is 1. The molecule has 5 heteroatoms. The fourth-order valence-corrected chi connectivity index (χ4v) is 3.21. The molecule has 3 rings (SSSR count). The molecule has 0 atom stereocenters. The van der Waals surface area contributed by atoms with Gasteiger partial charge < -0.3 is 19.7 Å². The SMILES string of the molecule is COc1ccc(OCC(=O)NCCCN2CCCc3ccccc32)cc1. The van der Waals surface area contributed by atoms with Crippen LogP contribution in [0.2, 0.25) is 0 Å². The first-order valence-corrected chi connectivity index (χ1v) is 9.12. The van der Waals surface area contributed by atoms with Crippen LogP contribution in [0.4, 0.5) is 5.69 Å². The van der Waals surface area contributed by atoms with Crippen molar-refractivity contribution in [3.05, 3.63) is 54.1 Å². The lowest BCUT2D eigenvalue weighted by Crippen LogP contribution is -2.34. The van der Waals surface area contributed by atoms with Gasteiger partial charge in [0.05, 0.1) is 7.11 Å². The molecule has 26 heavy (non-hydrogen) atoms. The number of aryl methyl sites for hydroxylation is 1. The molecular formula is C21H26N2O3. The highest BCUT2D eigenvalue weighted by Crippen LogP contribution is 2.26. The Morgan fingerprint density at radius 2 is 1.88 bits per heavy atom. The highest BCUT2D eigenvalue weighted by atomic mass is 16.5. The number of nitrogens with one attached hydrogen (secondary N) is 1. The van der Waals surface area contributed by atoms with Crippen LogP contribution in [0.5, 0.6) is 11.5 Å². The predicted molar refractivity (Wildman–Crippen MR) is 103 cm³/mol. The van der Waals surface area contributed by atoms with Gasteiger partial charge in [0, 0.05) is 25.3 Å². The maximum absolute atomic E-state index is 11.9. The number of benzene rings is 2. The quantitative estimate of drug-likeness (QED) is 0.741. The van der Waals surface area contributed by atoms with Gasteiger partial charge in [-0.3, -0.25) is 4.79 Å². The minimum Gasteiger partial charge on any atom is -0.497 e. The van der Waals surface area contributed by atoms with E-state index in [9.17, 15) is 4.79 Å². The van der Waals surface area contributed by atoms with Crippen LogP contribution in [0.3, 0.4) is 0 Å². The second-order valence-electron chi connectivity index (χ2n) is 6.39. The van der Waals surface area contributed by atoms with E-state index in [2.05, 4.69) is 34.5 Å². The van der Waals surface area contributed by atoms with Gasteiger partial charge in [0.15, 0.2) is 6.61 Å². The van der Waals surface area contributed by atoms with Crippen LogP contribution in [0.15, 0.2) is 48.5 Å². The first kappa shape index (κ1) is 18.1. The maximum atomic E-state index is 11.9. The average Bonchev–Trinajstić information content (AvgIpc) is 2.70. The molecule has 1 N–H and O–H groups in total. The first-order chi connectivity index (χ1) is 12.8. The number of carbonyl (C=O) groups is 1. The van der Waals surface area contributed by atoms with Gasteiger partial charge in [0.2, 0.25) is 0 Å². The van der Waals surface area contributed by atoms with Crippen molar-refractivity contribution in [1.29, 1.82) is 0 Å². The highest BCUT2D eigenvalue weighted by molar-refractivity contribution is 5.77. The second kappa shape index (κ2) is 9.13. The van der Waals surface area contributed by atoms with E-state index < -0.39 is 0 Å². The lowest BCUT2D eigenvalue weighted by atomic mass is 10.0. The molecule has 0 aliphatic carbocycles. The molecule has 0 unspecified atom stereocenters. The van der Waals surface area contributed by atoms with Crippen molar-refractivity contribution in [2.45, 2.75) is 19.3 Å². The maximum Gasteiger partial charge on any atom is 0.257 e. The molecule has 2 aromatic rings. The molecule has 0 bridgehead atoms. The van der Waals surface area contributed by atoms with Gasteiger partial charge >= 0.3 is 0 Å². The highest BCUT2D eigenvalue weighted by Gasteiger charge is 2.15. The van der Waals surface area contributed by atoms with E-state index in [0.29, 0.717) is 12.3 Å². The van der Waals surface area contributed by atoms with Crippen LogP contribution in [0, 0.1) is 0 Å². The normalized spacial score (nSPS) is 13.0. The fourth-order valence-electron chi connectivity index (χ4n) is 3.21. The Morgan fingerprint density at radius 3 is 2.69 bits per heavy atom. The zero-order valence-corrected chi connectivity index (χ0v) is 15.2. The molecule has 0 radical (unpaired) electrons. The number of fused-ring (bicyclic) bond motifs is 1. The molecule has 0 saturated carbocycles. The van der Waals surface area contributed by atoms with E-state index in [-0.39, 0.29) is 12.5 Å². The van der Waals surface area contributed by atoms with Crippen molar-refractivity contribution in [3.63, 3.8) is 0 Å². The Kier molecular flexibility index (Phi) is 6.36. The van der Waals surface area contributed by atoms with Crippen LogP contribution in [-0.4, -0.2) is 39.3 Å². The summed E-state index contributed by atoms with van der Waals surface area (Å²) in [5.74, 6) is 1.33. The van der Waals surface area contributed by atoms with Crippen LogP contribution in [0.1, 0.15) is 18.4 Å². The molecule has 2 aromatic carbocycles. The summed E-state index contributed by atoms with van der Waals surface area (Å²) < 4.78 is 10.6. The van der Waals surface area contributed by atoms with Crippen molar-refractivity contribution >= 4 is 11.6 Å². The van der Waals surface area contributed by atoms with E-state index in [1.165, 1.54) is 17.7 Å². The van der Waals surface area contributed by atoms with E-state index in [1.54, 1.807) is 19.2 Å². The average molecular weight is 354 g/mol. The molecule has 1 aliphatic rings. The number of para-hydroxylation sites is 1. The van der Waals surface area contributed by atoms with Crippen molar-refractivity contribution in [2.75, 3.05) is 38.3 Å². The number of carbonyl (C=O) groups excluding carboxylic acids is 1. The lowest BCUT2D eigenvalue weighted by Gasteiger charge is -2.31. The molecule has 0 fully saturated rings. The minimum atomic E-state index is -0.0973. The summed E-state index contributed by atoms with van der Waals surface area (Å²) in [6, 6.07) is 15.8. The summed E-state index contributed by atoms with van der Waals surface area (Å²) in [5, 5.41) is 2.92. The van der Waals surface area contributed by atoms with Gasteiger partial charge in [0.25, 0.3) is 5.91 Å². The monoisotopic (exact) mass is 354 g/mol. The first-order valence-electron chi connectivity index (χ1n) is 9.12. The van der Waals surface area contributed by atoms with E-state index in [4.69, 9.17) is 9.47 Å². The third-order valence-corrected chi connectivity index (χ3v) is 4.56.